The number of H-pyrrole nitrogens is 1. The highest BCUT2D eigenvalue weighted by molar-refractivity contribution is 5.89. The Morgan fingerprint density at radius 3 is 2.52 bits per heavy atom. The fourth-order valence-corrected chi connectivity index (χ4v) is 3.31. The molecule has 0 spiro atoms. The summed E-state index contributed by atoms with van der Waals surface area (Å²) < 4.78 is 5.99. The molecule has 27 heavy (non-hydrogen) atoms. The molecule has 0 aliphatic carbocycles. The number of nitrogens with zero attached hydrogens (tertiary/aromatic N) is 1. The second-order valence-electron chi connectivity index (χ2n) is 8.15. The molecule has 1 heterocycles. The summed E-state index contributed by atoms with van der Waals surface area (Å²) >= 11 is 0. The molecule has 0 saturated heterocycles. The van der Waals surface area contributed by atoms with Gasteiger partial charge in [0.1, 0.15) is 18.5 Å². The van der Waals surface area contributed by atoms with Crippen LogP contribution in [0.1, 0.15) is 31.9 Å². The fourth-order valence-electron chi connectivity index (χ4n) is 3.31. The molecule has 2 aromatic carbocycles. The van der Waals surface area contributed by atoms with Gasteiger partial charge in [-0.3, -0.25) is 4.90 Å². The number of hydrogen-bond donors (Lipinski definition) is 2. The molecule has 0 amide bonds. The van der Waals surface area contributed by atoms with Gasteiger partial charge >= 0.3 is 0 Å². The van der Waals surface area contributed by atoms with Crippen LogP contribution in [-0.4, -0.2) is 39.8 Å². The van der Waals surface area contributed by atoms with Crippen LogP contribution < -0.4 is 4.74 Å². The molecular formula is C23H30N2O2. The number of β-amino-alcohol motifs (C(OH)–C–C–N with tert-alkyl or cyclic N) is 1. The molecule has 1 aromatic heterocycles. The van der Waals surface area contributed by atoms with Gasteiger partial charge in [0.05, 0.1) is 0 Å². The van der Waals surface area contributed by atoms with Crippen molar-refractivity contribution >= 4 is 10.9 Å². The van der Waals surface area contributed by atoms with E-state index in [4.69, 9.17) is 4.74 Å². The van der Waals surface area contributed by atoms with Crippen LogP contribution in [0.25, 0.3) is 10.9 Å². The van der Waals surface area contributed by atoms with Crippen LogP contribution in [0.2, 0.25) is 0 Å². The number of benzene rings is 2. The molecule has 0 saturated carbocycles. The number of fused-ring (bicyclic) bond motifs is 1. The van der Waals surface area contributed by atoms with Crippen LogP contribution in [-0.2, 0) is 6.54 Å². The average molecular weight is 367 g/mol. The maximum atomic E-state index is 10.6. The molecule has 2 N–H and O–H groups in total. The first-order valence-corrected chi connectivity index (χ1v) is 9.51. The Kier molecular flexibility index (Phi) is 5.88. The number of aliphatic hydroxyl groups is 1. The van der Waals surface area contributed by atoms with Crippen molar-refractivity contribution in [2.75, 3.05) is 13.2 Å². The summed E-state index contributed by atoms with van der Waals surface area (Å²) in [5.41, 5.74) is 3.40. The summed E-state index contributed by atoms with van der Waals surface area (Å²) in [5.74, 6) is 0.815. The minimum atomic E-state index is -0.567. The predicted molar refractivity (Wildman–Crippen MR) is 111 cm³/mol. The molecule has 0 radical (unpaired) electrons. The normalized spacial score (nSPS) is 13.3. The maximum Gasteiger partial charge on any atom is 0.129 e. The van der Waals surface area contributed by atoms with Crippen LogP contribution in [0.5, 0.6) is 5.75 Å². The molecule has 4 nitrogen and oxygen atoms in total. The van der Waals surface area contributed by atoms with E-state index in [1.54, 1.807) is 0 Å². The number of rotatable bonds is 7. The summed E-state index contributed by atoms with van der Waals surface area (Å²) in [6, 6.07) is 16.3. The summed E-state index contributed by atoms with van der Waals surface area (Å²) in [7, 11) is 0. The van der Waals surface area contributed by atoms with Crippen LogP contribution in [0.4, 0.5) is 0 Å². The third-order valence-electron chi connectivity index (χ3n) is 4.89. The minimum absolute atomic E-state index is 0.0476. The highest BCUT2D eigenvalue weighted by Crippen LogP contribution is 2.28. The van der Waals surface area contributed by atoms with Gasteiger partial charge < -0.3 is 14.8 Å². The van der Waals surface area contributed by atoms with Gasteiger partial charge in [0.25, 0.3) is 0 Å². The van der Waals surface area contributed by atoms with Crippen molar-refractivity contribution in [3.8, 4) is 5.75 Å². The van der Waals surface area contributed by atoms with Gasteiger partial charge in [-0.05, 0) is 51.0 Å². The van der Waals surface area contributed by atoms with E-state index in [0.29, 0.717) is 6.54 Å². The topological polar surface area (TPSA) is 48.5 Å². The van der Waals surface area contributed by atoms with Gasteiger partial charge in [-0.2, -0.15) is 0 Å². The third kappa shape index (κ3) is 4.90. The molecule has 0 fully saturated rings. The lowest BCUT2D eigenvalue weighted by atomic mass is 10.0. The van der Waals surface area contributed by atoms with Crippen LogP contribution in [0.15, 0.2) is 54.7 Å². The smallest absolute Gasteiger partial charge is 0.129 e. The first-order valence-electron chi connectivity index (χ1n) is 9.51. The second kappa shape index (κ2) is 8.15. The van der Waals surface area contributed by atoms with Crippen molar-refractivity contribution in [2.24, 2.45) is 0 Å². The number of hydrogen-bond acceptors (Lipinski definition) is 3. The molecular weight excluding hydrogens is 336 g/mol. The molecule has 3 rings (SSSR count). The summed E-state index contributed by atoms with van der Waals surface area (Å²) in [5, 5.41) is 11.7. The Labute approximate surface area is 161 Å². The molecule has 3 aromatic rings. The van der Waals surface area contributed by atoms with Crippen molar-refractivity contribution in [3.05, 3.63) is 65.9 Å². The van der Waals surface area contributed by atoms with Crippen LogP contribution >= 0.6 is 0 Å². The van der Waals surface area contributed by atoms with E-state index in [0.717, 1.165) is 28.8 Å². The maximum absolute atomic E-state index is 10.6. The molecule has 4 heteroatoms. The van der Waals surface area contributed by atoms with E-state index in [1.165, 1.54) is 5.56 Å². The zero-order chi connectivity index (χ0) is 19.4. The lowest BCUT2D eigenvalue weighted by molar-refractivity contribution is 0.0288. The van der Waals surface area contributed by atoms with Gasteiger partial charge in [-0.15, -0.1) is 0 Å². The van der Waals surface area contributed by atoms with Crippen LogP contribution in [0, 0.1) is 6.92 Å². The van der Waals surface area contributed by atoms with Gasteiger partial charge in [0.2, 0.25) is 0 Å². The molecule has 144 valence electrons. The van der Waals surface area contributed by atoms with Crippen LogP contribution in [0.3, 0.4) is 0 Å². The Morgan fingerprint density at radius 2 is 1.81 bits per heavy atom. The monoisotopic (exact) mass is 366 g/mol. The standard InChI is InChI=1S/C23H30N2O2/c1-17-13-24-20-11-8-12-21(22(17)20)27-16-19(26)15-25(23(2,3)4)14-18-9-6-5-7-10-18/h5-13,19,24,26H,14-16H2,1-4H3/t19-/m1/s1. The minimum Gasteiger partial charge on any atom is -0.490 e. The quantitative estimate of drug-likeness (QED) is 0.646. The Bertz CT molecular complexity index is 865. The number of aryl methyl sites for hydroxylation is 1. The second-order valence-corrected chi connectivity index (χ2v) is 8.15. The molecule has 0 aliphatic heterocycles. The highest BCUT2D eigenvalue weighted by Gasteiger charge is 2.24. The van der Waals surface area contributed by atoms with E-state index in [1.807, 2.05) is 30.5 Å². The van der Waals surface area contributed by atoms with E-state index in [2.05, 4.69) is 61.8 Å². The Hall–Kier alpha value is -2.30. The molecule has 0 bridgehead atoms. The molecule has 0 aliphatic rings. The van der Waals surface area contributed by atoms with Crippen molar-refractivity contribution in [1.29, 1.82) is 0 Å². The van der Waals surface area contributed by atoms with Crippen molar-refractivity contribution in [2.45, 2.75) is 45.9 Å². The summed E-state index contributed by atoms with van der Waals surface area (Å²) in [6.07, 6.45) is 1.41. The van der Waals surface area contributed by atoms with Crippen molar-refractivity contribution in [3.63, 3.8) is 0 Å². The summed E-state index contributed by atoms with van der Waals surface area (Å²) in [6.45, 7) is 10.2. The number of aliphatic hydroxyl groups excluding tert-OH is 1. The van der Waals surface area contributed by atoms with Crippen molar-refractivity contribution < 1.29 is 9.84 Å². The van der Waals surface area contributed by atoms with E-state index < -0.39 is 6.10 Å². The van der Waals surface area contributed by atoms with Gasteiger partial charge in [-0.25, -0.2) is 0 Å². The first kappa shape index (κ1) is 19.5. The lowest BCUT2D eigenvalue weighted by Gasteiger charge is -2.37. The number of nitrogens with one attached hydrogen (secondary N) is 1. The highest BCUT2D eigenvalue weighted by atomic mass is 16.5. The van der Waals surface area contributed by atoms with E-state index >= 15 is 0 Å². The van der Waals surface area contributed by atoms with Gasteiger partial charge in [0.15, 0.2) is 0 Å². The number of aromatic nitrogens is 1. The zero-order valence-corrected chi connectivity index (χ0v) is 16.7. The van der Waals surface area contributed by atoms with Gasteiger partial charge in [0, 0.05) is 35.7 Å². The van der Waals surface area contributed by atoms with Gasteiger partial charge in [-0.1, -0.05) is 36.4 Å². The average Bonchev–Trinajstić information content (AvgIpc) is 3.01. The summed E-state index contributed by atoms with van der Waals surface area (Å²) in [4.78, 5) is 5.53. The molecule has 1 atom stereocenters. The largest absolute Gasteiger partial charge is 0.490 e. The Balaban J connectivity index is 1.65. The Morgan fingerprint density at radius 1 is 1.07 bits per heavy atom. The van der Waals surface area contributed by atoms with Crippen molar-refractivity contribution in [1.82, 2.24) is 9.88 Å². The first-order chi connectivity index (χ1) is 12.8. The fraction of sp³-hybridized carbons (Fsp3) is 0.391. The van der Waals surface area contributed by atoms with E-state index in [-0.39, 0.29) is 12.1 Å². The molecule has 0 unspecified atom stereocenters. The van der Waals surface area contributed by atoms with E-state index in [9.17, 15) is 5.11 Å². The number of ether oxygens (including phenoxy) is 1. The third-order valence-corrected chi connectivity index (χ3v) is 4.89. The lowest BCUT2D eigenvalue weighted by Crippen LogP contribution is -2.46. The SMILES string of the molecule is Cc1c[nH]c2cccc(OC[C@H](O)CN(Cc3ccccc3)C(C)(C)C)c12. The zero-order valence-electron chi connectivity index (χ0n) is 16.7. The number of aromatic amines is 1. The predicted octanol–water partition coefficient (Wildman–Crippen LogP) is 4.52.